The summed E-state index contributed by atoms with van der Waals surface area (Å²) in [6.45, 7) is 2.78. The van der Waals surface area contributed by atoms with Crippen LogP contribution in [0.25, 0.3) is 11.3 Å². The fraction of sp³-hybridized carbons (Fsp3) is 0.308. The molecule has 17 heavy (non-hydrogen) atoms. The maximum Gasteiger partial charge on any atom is 0.106 e. The average Bonchev–Trinajstić information content (AvgIpc) is 2.57. The summed E-state index contributed by atoms with van der Waals surface area (Å²) < 4.78 is 2.11. The van der Waals surface area contributed by atoms with E-state index in [1.165, 1.54) is 0 Å². The largest absolute Gasteiger partial charge is 0.331 e. The van der Waals surface area contributed by atoms with Crippen LogP contribution in [0.15, 0.2) is 24.3 Å². The van der Waals surface area contributed by atoms with Crippen molar-refractivity contribution in [1.29, 1.82) is 0 Å². The number of benzene rings is 1. The number of rotatable bonds is 3. The maximum absolute atomic E-state index is 5.91. The van der Waals surface area contributed by atoms with Crippen LogP contribution >= 0.6 is 11.6 Å². The third-order valence-corrected chi connectivity index (χ3v) is 3.10. The number of aromatic nitrogens is 2. The lowest BCUT2D eigenvalue weighted by Gasteiger charge is -2.07. The number of hydrogen-bond donors (Lipinski definition) is 1. The standard InChI is InChI=1S/C13H16ClN3/c1-9-16-12(8-15-2)13(17(9)3)10-4-6-11(14)7-5-10/h4-7,15H,8H2,1-3H3. The van der Waals surface area contributed by atoms with Crippen LogP contribution in [0.5, 0.6) is 0 Å². The van der Waals surface area contributed by atoms with Crippen molar-refractivity contribution in [3.05, 3.63) is 40.8 Å². The summed E-state index contributed by atoms with van der Waals surface area (Å²) in [5.74, 6) is 1.01. The molecule has 0 aliphatic heterocycles. The molecule has 0 saturated heterocycles. The zero-order valence-corrected chi connectivity index (χ0v) is 11.0. The molecule has 0 spiro atoms. The minimum Gasteiger partial charge on any atom is -0.331 e. The normalized spacial score (nSPS) is 10.8. The lowest BCUT2D eigenvalue weighted by molar-refractivity contribution is 0.796. The van der Waals surface area contributed by atoms with Gasteiger partial charge in [0, 0.05) is 24.2 Å². The lowest BCUT2D eigenvalue weighted by Crippen LogP contribution is -2.07. The molecule has 4 heteroatoms. The van der Waals surface area contributed by atoms with Gasteiger partial charge in [-0.1, -0.05) is 23.7 Å². The Hall–Kier alpha value is -1.32. The van der Waals surface area contributed by atoms with Gasteiger partial charge in [0.15, 0.2) is 0 Å². The predicted octanol–water partition coefficient (Wildman–Crippen LogP) is 2.77. The molecule has 1 heterocycles. The third-order valence-electron chi connectivity index (χ3n) is 2.85. The van der Waals surface area contributed by atoms with Crippen molar-refractivity contribution in [3.8, 4) is 11.3 Å². The second-order valence-electron chi connectivity index (χ2n) is 4.05. The topological polar surface area (TPSA) is 29.9 Å². The monoisotopic (exact) mass is 249 g/mol. The molecule has 1 aromatic carbocycles. The van der Waals surface area contributed by atoms with Crippen molar-refractivity contribution in [2.75, 3.05) is 7.05 Å². The van der Waals surface area contributed by atoms with Crippen molar-refractivity contribution in [2.45, 2.75) is 13.5 Å². The van der Waals surface area contributed by atoms with Gasteiger partial charge in [-0.15, -0.1) is 0 Å². The Bertz CT molecular complexity index is 514. The number of halogens is 1. The van der Waals surface area contributed by atoms with E-state index in [1.54, 1.807) is 0 Å². The molecule has 0 saturated carbocycles. The molecular formula is C13H16ClN3. The molecule has 0 unspecified atom stereocenters. The van der Waals surface area contributed by atoms with Crippen molar-refractivity contribution >= 4 is 11.6 Å². The van der Waals surface area contributed by atoms with Gasteiger partial charge < -0.3 is 9.88 Å². The number of aryl methyl sites for hydroxylation is 1. The maximum atomic E-state index is 5.91. The van der Waals surface area contributed by atoms with Gasteiger partial charge in [-0.2, -0.15) is 0 Å². The van der Waals surface area contributed by atoms with E-state index in [2.05, 4.69) is 14.9 Å². The molecule has 0 fully saturated rings. The highest BCUT2D eigenvalue weighted by molar-refractivity contribution is 6.30. The van der Waals surface area contributed by atoms with Crippen LogP contribution < -0.4 is 5.32 Å². The van der Waals surface area contributed by atoms with Gasteiger partial charge in [0.2, 0.25) is 0 Å². The minimum absolute atomic E-state index is 0.753. The van der Waals surface area contributed by atoms with Gasteiger partial charge in [0.05, 0.1) is 11.4 Å². The fourth-order valence-corrected chi connectivity index (χ4v) is 2.06. The van der Waals surface area contributed by atoms with Crippen LogP contribution in [0.4, 0.5) is 0 Å². The SMILES string of the molecule is CNCc1nc(C)n(C)c1-c1ccc(Cl)cc1. The van der Waals surface area contributed by atoms with Gasteiger partial charge in [-0.25, -0.2) is 4.98 Å². The third kappa shape index (κ3) is 2.35. The zero-order chi connectivity index (χ0) is 12.4. The number of imidazole rings is 1. The Balaban J connectivity index is 2.53. The van der Waals surface area contributed by atoms with E-state index in [0.29, 0.717) is 0 Å². The Morgan fingerprint density at radius 3 is 2.53 bits per heavy atom. The first-order chi connectivity index (χ1) is 8.13. The molecule has 3 nitrogen and oxygen atoms in total. The van der Waals surface area contributed by atoms with Crippen molar-refractivity contribution in [2.24, 2.45) is 7.05 Å². The van der Waals surface area contributed by atoms with Crippen LogP contribution in [-0.2, 0) is 13.6 Å². The van der Waals surface area contributed by atoms with Crippen molar-refractivity contribution < 1.29 is 0 Å². The first-order valence-electron chi connectivity index (χ1n) is 5.56. The molecule has 0 aliphatic carbocycles. The summed E-state index contributed by atoms with van der Waals surface area (Å²) in [5.41, 5.74) is 3.35. The fourth-order valence-electron chi connectivity index (χ4n) is 1.94. The van der Waals surface area contributed by atoms with Crippen LogP contribution in [0.1, 0.15) is 11.5 Å². The van der Waals surface area contributed by atoms with Gasteiger partial charge in [0.1, 0.15) is 5.82 Å². The summed E-state index contributed by atoms with van der Waals surface area (Å²) >= 11 is 5.91. The van der Waals surface area contributed by atoms with E-state index in [1.807, 2.05) is 45.3 Å². The molecule has 0 radical (unpaired) electrons. The predicted molar refractivity (Wildman–Crippen MR) is 71.2 cm³/mol. The van der Waals surface area contributed by atoms with Gasteiger partial charge in [-0.3, -0.25) is 0 Å². The quantitative estimate of drug-likeness (QED) is 0.907. The van der Waals surface area contributed by atoms with E-state index >= 15 is 0 Å². The first-order valence-corrected chi connectivity index (χ1v) is 5.94. The highest BCUT2D eigenvalue weighted by Gasteiger charge is 2.13. The molecule has 90 valence electrons. The molecule has 0 bridgehead atoms. The summed E-state index contributed by atoms with van der Waals surface area (Å²) in [6, 6.07) is 7.86. The lowest BCUT2D eigenvalue weighted by atomic mass is 10.1. The van der Waals surface area contributed by atoms with Crippen LogP contribution in [-0.4, -0.2) is 16.6 Å². The Kier molecular flexibility index (Phi) is 3.50. The van der Waals surface area contributed by atoms with Crippen molar-refractivity contribution in [1.82, 2.24) is 14.9 Å². The summed E-state index contributed by atoms with van der Waals surface area (Å²) in [4.78, 5) is 4.57. The van der Waals surface area contributed by atoms with Crippen molar-refractivity contribution in [3.63, 3.8) is 0 Å². The van der Waals surface area contributed by atoms with E-state index < -0.39 is 0 Å². The van der Waals surface area contributed by atoms with Gasteiger partial charge >= 0.3 is 0 Å². The summed E-state index contributed by atoms with van der Waals surface area (Å²) in [6.07, 6.45) is 0. The molecule has 0 atom stereocenters. The molecule has 0 aliphatic rings. The highest BCUT2D eigenvalue weighted by Crippen LogP contribution is 2.25. The second kappa shape index (κ2) is 4.90. The smallest absolute Gasteiger partial charge is 0.106 e. The number of nitrogens with zero attached hydrogens (tertiary/aromatic N) is 2. The second-order valence-corrected chi connectivity index (χ2v) is 4.49. The Morgan fingerprint density at radius 1 is 1.29 bits per heavy atom. The van der Waals surface area contributed by atoms with Gasteiger partial charge in [-0.05, 0) is 26.1 Å². The first kappa shape index (κ1) is 12.1. The molecule has 1 aromatic heterocycles. The molecule has 1 N–H and O–H groups in total. The Morgan fingerprint density at radius 2 is 1.94 bits per heavy atom. The van der Waals surface area contributed by atoms with Crippen LogP contribution in [0.3, 0.4) is 0 Å². The van der Waals surface area contributed by atoms with E-state index in [0.717, 1.165) is 34.3 Å². The highest BCUT2D eigenvalue weighted by atomic mass is 35.5. The van der Waals surface area contributed by atoms with Crippen LogP contribution in [0, 0.1) is 6.92 Å². The van der Waals surface area contributed by atoms with Crippen LogP contribution in [0.2, 0.25) is 5.02 Å². The average molecular weight is 250 g/mol. The van der Waals surface area contributed by atoms with Gasteiger partial charge in [0.25, 0.3) is 0 Å². The summed E-state index contributed by atoms with van der Waals surface area (Å²) in [7, 11) is 3.96. The van der Waals surface area contributed by atoms with E-state index in [4.69, 9.17) is 11.6 Å². The number of hydrogen-bond acceptors (Lipinski definition) is 2. The zero-order valence-electron chi connectivity index (χ0n) is 10.3. The minimum atomic E-state index is 0.753. The summed E-state index contributed by atoms with van der Waals surface area (Å²) in [5, 5.41) is 3.90. The van der Waals surface area contributed by atoms with E-state index in [9.17, 15) is 0 Å². The van der Waals surface area contributed by atoms with E-state index in [-0.39, 0.29) is 0 Å². The number of nitrogens with one attached hydrogen (secondary N) is 1. The molecule has 2 aromatic rings. The Labute approximate surface area is 106 Å². The molecule has 2 rings (SSSR count). The molecular weight excluding hydrogens is 234 g/mol. The molecule has 0 amide bonds.